The first-order valence-corrected chi connectivity index (χ1v) is 6.69. The number of aromatic amines is 1. The van der Waals surface area contributed by atoms with Gasteiger partial charge in [0.15, 0.2) is 5.65 Å². The lowest BCUT2D eigenvalue weighted by molar-refractivity contribution is 0.775. The number of anilines is 1. The molecular weight excluding hydrogens is 286 g/mol. The van der Waals surface area contributed by atoms with Gasteiger partial charge in [-0.2, -0.15) is 9.61 Å². The molecule has 0 atom stereocenters. The fourth-order valence-electron chi connectivity index (χ4n) is 1.91. The molecule has 0 aromatic carbocycles. The number of alkyl halides is 1. The van der Waals surface area contributed by atoms with Gasteiger partial charge < -0.3 is 4.90 Å². The van der Waals surface area contributed by atoms with E-state index in [1.54, 1.807) is 0 Å². The molecule has 1 fully saturated rings. The highest BCUT2D eigenvalue weighted by molar-refractivity contribution is 9.09. The summed E-state index contributed by atoms with van der Waals surface area (Å²) in [7, 11) is 0. The Morgan fingerprint density at radius 3 is 3.06 bits per heavy atom. The second-order valence-corrected chi connectivity index (χ2v) is 4.90. The molecule has 0 saturated heterocycles. The molecule has 0 amide bonds. The van der Waals surface area contributed by atoms with Gasteiger partial charge in [0, 0.05) is 17.9 Å². The number of H-pyrrole nitrogens is 1. The Bertz CT molecular complexity index is 588. The molecule has 0 aliphatic heterocycles. The topological polar surface area (TPSA) is 66.3 Å². The minimum Gasteiger partial charge on any atom is -0.351 e. The molecule has 0 unspecified atom stereocenters. The number of aromatic nitrogens is 4. The first-order valence-electron chi connectivity index (χ1n) is 5.56. The number of hydrogen-bond acceptors (Lipinski definition) is 4. The van der Waals surface area contributed by atoms with Gasteiger partial charge in [-0.25, -0.2) is 9.89 Å². The van der Waals surface area contributed by atoms with Crippen LogP contribution in [0.3, 0.4) is 0 Å². The molecule has 1 N–H and O–H groups in total. The van der Waals surface area contributed by atoms with E-state index >= 15 is 0 Å². The lowest BCUT2D eigenvalue weighted by Crippen LogP contribution is -2.29. The molecule has 6 nitrogen and oxygen atoms in total. The Morgan fingerprint density at radius 2 is 2.35 bits per heavy atom. The van der Waals surface area contributed by atoms with Gasteiger partial charge >= 0.3 is 5.69 Å². The number of nitrogens with one attached hydrogen (secondary N) is 1. The Hall–Kier alpha value is -1.37. The van der Waals surface area contributed by atoms with Gasteiger partial charge in [0.25, 0.3) is 0 Å². The molecule has 0 spiro atoms. The summed E-state index contributed by atoms with van der Waals surface area (Å²) in [5.74, 6) is 0.836. The normalized spacial score (nSPS) is 15.4. The van der Waals surface area contributed by atoms with Crippen LogP contribution in [-0.4, -0.2) is 37.7 Å². The summed E-state index contributed by atoms with van der Waals surface area (Å²) >= 11 is 3.44. The fraction of sp³-hybridized carbons (Fsp3) is 0.500. The van der Waals surface area contributed by atoms with Crippen LogP contribution in [-0.2, 0) is 0 Å². The van der Waals surface area contributed by atoms with Crippen molar-refractivity contribution in [3.8, 4) is 0 Å². The van der Waals surface area contributed by atoms with Crippen LogP contribution in [0.5, 0.6) is 0 Å². The van der Waals surface area contributed by atoms with Crippen molar-refractivity contribution in [1.29, 1.82) is 0 Å². The first-order chi connectivity index (χ1) is 8.29. The van der Waals surface area contributed by atoms with Crippen LogP contribution in [0.4, 0.5) is 5.82 Å². The lowest BCUT2D eigenvalue weighted by atomic mass is 10.4. The highest BCUT2D eigenvalue weighted by Crippen LogP contribution is 2.30. The van der Waals surface area contributed by atoms with Gasteiger partial charge in [-0.15, -0.1) is 5.10 Å². The molecular formula is C10H12BrN5O. The van der Waals surface area contributed by atoms with Gasteiger partial charge in [0.05, 0.1) is 0 Å². The molecule has 0 radical (unpaired) electrons. The highest BCUT2D eigenvalue weighted by Gasteiger charge is 2.29. The van der Waals surface area contributed by atoms with Crippen LogP contribution >= 0.6 is 15.9 Å². The minimum atomic E-state index is -0.295. The number of rotatable bonds is 4. The molecule has 17 heavy (non-hydrogen) atoms. The van der Waals surface area contributed by atoms with Gasteiger partial charge in [0.2, 0.25) is 0 Å². The van der Waals surface area contributed by atoms with E-state index in [2.05, 4.69) is 36.1 Å². The maximum Gasteiger partial charge on any atom is 0.364 e. The summed E-state index contributed by atoms with van der Waals surface area (Å²) in [5, 5.41) is 11.5. The summed E-state index contributed by atoms with van der Waals surface area (Å²) in [6, 6.07) is 4.29. The second-order valence-electron chi connectivity index (χ2n) is 4.10. The molecule has 1 aliphatic carbocycles. The molecule has 7 heteroatoms. The average Bonchev–Trinajstić information content (AvgIpc) is 3.12. The minimum absolute atomic E-state index is 0.295. The third kappa shape index (κ3) is 1.95. The van der Waals surface area contributed by atoms with Crippen LogP contribution in [0, 0.1) is 0 Å². The molecule has 2 aromatic rings. The van der Waals surface area contributed by atoms with E-state index in [-0.39, 0.29) is 5.69 Å². The van der Waals surface area contributed by atoms with Crippen molar-refractivity contribution in [3.05, 3.63) is 22.6 Å². The van der Waals surface area contributed by atoms with E-state index in [1.165, 1.54) is 17.4 Å². The Kier molecular flexibility index (Phi) is 2.62. The van der Waals surface area contributed by atoms with Crippen LogP contribution in [0.15, 0.2) is 16.9 Å². The average molecular weight is 298 g/mol. The van der Waals surface area contributed by atoms with Crippen molar-refractivity contribution >= 4 is 27.4 Å². The summed E-state index contributed by atoms with van der Waals surface area (Å²) in [6.45, 7) is 0.899. The summed E-state index contributed by atoms with van der Waals surface area (Å²) in [4.78, 5) is 13.7. The van der Waals surface area contributed by atoms with E-state index < -0.39 is 0 Å². The predicted octanol–water partition coefficient (Wildman–Crippen LogP) is 0.781. The second kappa shape index (κ2) is 4.14. The maximum atomic E-state index is 11.5. The predicted molar refractivity (Wildman–Crippen MR) is 67.8 cm³/mol. The van der Waals surface area contributed by atoms with E-state index in [4.69, 9.17) is 0 Å². The lowest BCUT2D eigenvalue weighted by Gasteiger charge is -2.21. The number of fused-ring (bicyclic) bond motifs is 1. The molecule has 1 aliphatic rings. The number of hydrogen-bond donors (Lipinski definition) is 1. The SMILES string of the molecule is O=c1[nH]nc2ccc(N(CCBr)C3CC3)nn12. The largest absolute Gasteiger partial charge is 0.364 e. The Balaban J connectivity index is 2.02. The van der Waals surface area contributed by atoms with Gasteiger partial charge in [-0.3, -0.25) is 0 Å². The van der Waals surface area contributed by atoms with E-state index in [9.17, 15) is 4.79 Å². The standard InChI is InChI=1S/C10H12BrN5O/c11-5-6-15(7-1-2-7)9-4-3-8-12-13-10(17)16(8)14-9/h3-4,7H,1-2,5-6H2,(H,13,17). The smallest absolute Gasteiger partial charge is 0.351 e. The first kappa shape index (κ1) is 10.8. The van der Waals surface area contributed by atoms with Crippen molar-refractivity contribution in [2.45, 2.75) is 18.9 Å². The van der Waals surface area contributed by atoms with Gasteiger partial charge in [-0.05, 0) is 25.0 Å². The van der Waals surface area contributed by atoms with Gasteiger partial charge in [-0.1, -0.05) is 15.9 Å². The molecule has 2 aromatic heterocycles. The van der Waals surface area contributed by atoms with E-state index in [1.807, 2.05) is 12.1 Å². The highest BCUT2D eigenvalue weighted by atomic mass is 79.9. The molecule has 3 rings (SSSR count). The van der Waals surface area contributed by atoms with Crippen molar-refractivity contribution in [3.63, 3.8) is 0 Å². The zero-order chi connectivity index (χ0) is 11.8. The van der Waals surface area contributed by atoms with Crippen molar-refractivity contribution in [1.82, 2.24) is 19.8 Å². The summed E-state index contributed by atoms with van der Waals surface area (Å²) in [5.41, 5.74) is 0.254. The number of nitrogens with zero attached hydrogens (tertiary/aromatic N) is 4. The molecule has 2 heterocycles. The van der Waals surface area contributed by atoms with Crippen LogP contribution < -0.4 is 10.6 Å². The quantitative estimate of drug-likeness (QED) is 0.847. The van der Waals surface area contributed by atoms with Crippen molar-refractivity contribution in [2.75, 3.05) is 16.8 Å². The van der Waals surface area contributed by atoms with Gasteiger partial charge in [0.1, 0.15) is 5.82 Å². The number of halogens is 1. The van der Waals surface area contributed by atoms with E-state index in [0.29, 0.717) is 11.7 Å². The van der Waals surface area contributed by atoms with Crippen LogP contribution in [0.2, 0.25) is 0 Å². The molecule has 0 bridgehead atoms. The van der Waals surface area contributed by atoms with Crippen molar-refractivity contribution in [2.24, 2.45) is 0 Å². The third-order valence-corrected chi connectivity index (χ3v) is 3.22. The van der Waals surface area contributed by atoms with Crippen LogP contribution in [0.25, 0.3) is 5.65 Å². The zero-order valence-electron chi connectivity index (χ0n) is 9.14. The van der Waals surface area contributed by atoms with Crippen LogP contribution in [0.1, 0.15) is 12.8 Å². The third-order valence-electron chi connectivity index (χ3n) is 2.87. The Labute approximate surface area is 106 Å². The Morgan fingerprint density at radius 1 is 1.53 bits per heavy atom. The molecule has 1 saturated carbocycles. The van der Waals surface area contributed by atoms with E-state index in [0.717, 1.165) is 17.7 Å². The fourth-order valence-corrected chi connectivity index (χ4v) is 2.29. The summed E-state index contributed by atoms with van der Waals surface area (Å²) in [6.07, 6.45) is 2.40. The maximum absolute atomic E-state index is 11.5. The summed E-state index contributed by atoms with van der Waals surface area (Å²) < 4.78 is 1.30. The van der Waals surface area contributed by atoms with Crippen molar-refractivity contribution < 1.29 is 0 Å². The molecule has 90 valence electrons. The monoisotopic (exact) mass is 297 g/mol. The zero-order valence-corrected chi connectivity index (χ0v) is 10.7.